The SMILES string of the molecule is CSCCC(NC(=O)C(CS)NC(=O)C(CCC(N)=O)NC(=O)C(N)C(C)O)C(=O)O. The number of hydrogen-bond donors (Lipinski definition) is 8. The fourth-order valence-corrected chi connectivity index (χ4v) is 3.00. The van der Waals surface area contributed by atoms with Crippen molar-refractivity contribution >= 4 is 54.0 Å². The van der Waals surface area contributed by atoms with Crippen molar-refractivity contribution in [1.29, 1.82) is 0 Å². The molecule has 4 amide bonds. The summed E-state index contributed by atoms with van der Waals surface area (Å²) in [6.07, 6.45) is 0.373. The first-order valence-electron chi connectivity index (χ1n) is 9.40. The van der Waals surface area contributed by atoms with E-state index in [1.54, 1.807) is 6.26 Å². The molecule has 31 heavy (non-hydrogen) atoms. The topological polar surface area (TPSA) is 214 Å². The predicted molar refractivity (Wildman–Crippen MR) is 118 cm³/mol. The third-order valence-electron chi connectivity index (χ3n) is 4.18. The number of carbonyl (C=O) groups excluding carboxylic acids is 4. The van der Waals surface area contributed by atoms with E-state index in [2.05, 4.69) is 28.6 Å². The minimum absolute atomic E-state index is 0.157. The summed E-state index contributed by atoms with van der Waals surface area (Å²) in [5.41, 5.74) is 10.6. The van der Waals surface area contributed by atoms with Crippen molar-refractivity contribution in [2.24, 2.45) is 11.5 Å². The van der Waals surface area contributed by atoms with Crippen molar-refractivity contribution < 1.29 is 34.2 Å². The van der Waals surface area contributed by atoms with Crippen LogP contribution in [0.25, 0.3) is 0 Å². The van der Waals surface area contributed by atoms with Crippen LogP contribution in [0.4, 0.5) is 0 Å². The molecule has 14 heteroatoms. The van der Waals surface area contributed by atoms with Crippen molar-refractivity contribution in [3.05, 3.63) is 0 Å². The van der Waals surface area contributed by atoms with Gasteiger partial charge in [-0.05, 0) is 31.8 Å². The van der Waals surface area contributed by atoms with Crippen LogP contribution >= 0.6 is 24.4 Å². The smallest absolute Gasteiger partial charge is 0.326 e. The number of amides is 4. The van der Waals surface area contributed by atoms with Gasteiger partial charge in [0, 0.05) is 12.2 Å². The van der Waals surface area contributed by atoms with Gasteiger partial charge in [0.1, 0.15) is 24.2 Å². The van der Waals surface area contributed by atoms with Crippen molar-refractivity contribution in [2.45, 2.75) is 56.5 Å². The lowest BCUT2D eigenvalue weighted by molar-refractivity contribution is -0.142. The second-order valence-electron chi connectivity index (χ2n) is 6.76. The van der Waals surface area contributed by atoms with Gasteiger partial charge in [0.15, 0.2) is 0 Å². The lowest BCUT2D eigenvalue weighted by Crippen LogP contribution is -2.58. The Morgan fingerprint density at radius 3 is 1.94 bits per heavy atom. The van der Waals surface area contributed by atoms with Gasteiger partial charge in [0.2, 0.25) is 23.6 Å². The zero-order valence-electron chi connectivity index (χ0n) is 17.4. The number of aliphatic carboxylic acids is 1. The third-order valence-corrected chi connectivity index (χ3v) is 5.18. The second-order valence-corrected chi connectivity index (χ2v) is 8.11. The number of carbonyl (C=O) groups is 5. The molecule has 0 spiro atoms. The molecule has 0 aliphatic carbocycles. The number of thiol groups is 1. The van der Waals surface area contributed by atoms with Crippen molar-refractivity contribution in [2.75, 3.05) is 17.8 Å². The maximum absolute atomic E-state index is 12.6. The highest BCUT2D eigenvalue weighted by Gasteiger charge is 2.30. The number of aliphatic hydroxyl groups is 1. The highest BCUT2D eigenvalue weighted by molar-refractivity contribution is 7.98. The lowest BCUT2D eigenvalue weighted by atomic mass is 10.1. The lowest BCUT2D eigenvalue weighted by Gasteiger charge is -2.24. The normalized spacial score (nSPS) is 15.6. The summed E-state index contributed by atoms with van der Waals surface area (Å²) in [5.74, 6) is -4.01. The van der Waals surface area contributed by atoms with Gasteiger partial charge in [0.05, 0.1) is 6.10 Å². The Labute approximate surface area is 190 Å². The Bertz CT molecular complexity index is 650. The van der Waals surface area contributed by atoms with E-state index in [1.165, 1.54) is 18.7 Å². The van der Waals surface area contributed by atoms with Crippen LogP contribution in [0, 0.1) is 0 Å². The maximum atomic E-state index is 12.6. The summed E-state index contributed by atoms with van der Waals surface area (Å²) in [6, 6.07) is -4.94. The van der Waals surface area contributed by atoms with Gasteiger partial charge in [-0.3, -0.25) is 19.2 Å². The molecule has 0 radical (unpaired) electrons. The number of nitrogens with one attached hydrogen (secondary N) is 3. The van der Waals surface area contributed by atoms with Crippen LogP contribution in [0.2, 0.25) is 0 Å². The average molecular weight is 482 g/mol. The molecule has 0 heterocycles. The molecule has 0 bridgehead atoms. The van der Waals surface area contributed by atoms with Gasteiger partial charge in [-0.15, -0.1) is 0 Å². The first-order chi connectivity index (χ1) is 14.4. The van der Waals surface area contributed by atoms with E-state index in [9.17, 15) is 34.2 Å². The van der Waals surface area contributed by atoms with Crippen LogP contribution in [0.3, 0.4) is 0 Å². The summed E-state index contributed by atoms with van der Waals surface area (Å²) < 4.78 is 0. The summed E-state index contributed by atoms with van der Waals surface area (Å²) in [6.45, 7) is 1.29. The molecule has 0 rings (SSSR count). The van der Waals surface area contributed by atoms with Crippen LogP contribution in [-0.4, -0.2) is 87.8 Å². The van der Waals surface area contributed by atoms with Crippen molar-refractivity contribution in [1.82, 2.24) is 16.0 Å². The fourth-order valence-electron chi connectivity index (χ4n) is 2.27. The van der Waals surface area contributed by atoms with Gasteiger partial charge in [-0.2, -0.15) is 24.4 Å². The standard InChI is InChI=1S/C17H31N5O7S2/c1-8(23)13(19)16(27)20-9(3-4-12(18)24)14(25)22-11(7-30)15(26)21-10(17(28)29)5-6-31-2/h8-11,13,23,30H,3-7,19H2,1-2H3,(H2,18,24)(H,20,27)(H,21,26)(H,22,25)(H,28,29). The molecule has 0 aliphatic rings. The molecule has 0 aromatic heterocycles. The van der Waals surface area contributed by atoms with E-state index in [1.807, 2.05) is 0 Å². The van der Waals surface area contributed by atoms with Gasteiger partial charge in [-0.25, -0.2) is 4.79 Å². The monoisotopic (exact) mass is 481 g/mol. The Kier molecular flexibility index (Phi) is 13.9. The van der Waals surface area contributed by atoms with E-state index in [0.29, 0.717) is 5.75 Å². The summed E-state index contributed by atoms with van der Waals surface area (Å²) in [5, 5.41) is 25.7. The molecular weight excluding hydrogens is 450 g/mol. The number of thioether (sulfide) groups is 1. The highest BCUT2D eigenvalue weighted by atomic mass is 32.2. The van der Waals surface area contributed by atoms with Crippen molar-refractivity contribution in [3.63, 3.8) is 0 Å². The molecular formula is C17H31N5O7S2. The summed E-state index contributed by atoms with van der Waals surface area (Å²) >= 11 is 5.43. The fraction of sp³-hybridized carbons (Fsp3) is 0.706. The Morgan fingerprint density at radius 2 is 1.48 bits per heavy atom. The number of primary amides is 1. The zero-order valence-corrected chi connectivity index (χ0v) is 19.1. The number of carboxylic acids is 1. The molecule has 0 aliphatic heterocycles. The molecule has 0 aromatic carbocycles. The van der Waals surface area contributed by atoms with Gasteiger partial charge < -0.3 is 37.6 Å². The van der Waals surface area contributed by atoms with Gasteiger partial charge in [-0.1, -0.05) is 0 Å². The first-order valence-corrected chi connectivity index (χ1v) is 11.4. The first kappa shape index (κ1) is 29.0. The second kappa shape index (κ2) is 14.9. The largest absolute Gasteiger partial charge is 0.480 e. The van der Waals surface area contributed by atoms with E-state index in [4.69, 9.17) is 11.5 Å². The van der Waals surface area contributed by atoms with Gasteiger partial charge in [0.25, 0.3) is 0 Å². The van der Waals surface area contributed by atoms with Crippen molar-refractivity contribution in [3.8, 4) is 0 Å². The highest BCUT2D eigenvalue weighted by Crippen LogP contribution is 2.04. The van der Waals surface area contributed by atoms with Crippen LogP contribution < -0.4 is 27.4 Å². The van der Waals surface area contributed by atoms with E-state index in [0.717, 1.165) is 0 Å². The Hall–Kier alpha value is -2.03. The molecule has 5 unspecified atom stereocenters. The number of hydrogen-bond acceptors (Lipinski definition) is 9. The molecule has 0 aromatic rings. The molecule has 178 valence electrons. The maximum Gasteiger partial charge on any atom is 0.326 e. The van der Waals surface area contributed by atoms with Crippen LogP contribution in [0.15, 0.2) is 0 Å². The van der Waals surface area contributed by atoms with E-state index < -0.39 is 59.9 Å². The molecule has 0 fully saturated rings. The number of rotatable bonds is 15. The predicted octanol–water partition coefficient (Wildman–Crippen LogP) is -2.82. The van der Waals surface area contributed by atoms with Crippen LogP contribution in [-0.2, 0) is 24.0 Å². The van der Waals surface area contributed by atoms with Crippen LogP contribution in [0.5, 0.6) is 0 Å². The quantitative estimate of drug-likeness (QED) is 0.113. The summed E-state index contributed by atoms with van der Waals surface area (Å²) in [7, 11) is 0. The Balaban J connectivity index is 5.26. The molecule has 0 saturated carbocycles. The molecule has 0 saturated heterocycles. The van der Waals surface area contributed by atoms with Crippen LogP contribution in [0.1, 0.15) is 26.2 Å². The minimum Gasteiger partial charge on any atom is -0.480 e. The molecule has 9 N–H and O–H groups in total. The summed E-state index contributed by atoms with van der Waals surface area (Å²) in [4.78, 5) is 59.6. The Morgan fingerprint density at radius 1 is 0.968 bits per heavy atom. The average Bonchev–Trinajstić information content (AvgIpc) is 2.70. The van der Waals surface area contributed by atoms with E-state index >= 15 is 0 Å². The molecule has 5 atom stereocenters. The van der Waals surface area contributed by atoms with E-state index in [-0.39, 0.29) is 25.0 Å². The number of carboxylic acid groups (broad SMARTS) is 1. The molecule has 12 nitrogen and oxygen atoms in total. The minimum atomic E-state index is -1.32. The number of nitrogens with two attached hydrogens (primary N) is 2. The zero-order chi connectivity index (χ0) is 24.1. The third kappa shape index (κ3) is 11.2. The van der Waals surface area contributed by atoms with Gasteiger partial charge >= 0.3 is 5.97 Å². The number of aliphatic hydroxyl groups excluding tert-OH is 1.